The largest absolute Gasteiger partial charge is 0.354 e. The molecule has 1 fully saturated rings. The fourth-order valence-electron chi connectivity index (χ4n) is 1.96. The lowest BCUT2D eigenvalue weighted by atomic mass is 10.3. The van der Waals surface area contributed by atoms with Crippen LogP contribution in [-0.2, 0) is 0 Å². The van der Waals surface area contributed by atoms with Gasteiger partial charge < -0.3 is 4.90 Å². The van der Waals surface area contributed by atoms with Crippen LogP contribution in [0.2, 0.25) is 0 Å². The van der Waals surface area contributed by atoms with Gasteiger partial charge in [0.2, 0.25) is 6.54 Å². The van der Waals surface area contributed by atoms with E-state index >= 15 is 0 Å². The normalized spacial score (nSPS) is 17.1. The first-order chi connectivity index (χ1) is 8.25. The van der Waals surface area contributed by atoms with Crippen molar-refractivity contribution in [3.05, 3.63) is 34.5 Å². The van der Waals surface area contributed by atoms with Crippen LogP contribution in [-0.4, -0.2) is 54.1 Å². The van der Waals surface area contributed by atoms with Crippen LogP contribution in [0.4, 0.5) is 5.82 Å². The number of hydrogen-bond donors (Lipinski definition) is 0. The maximum atomic E-state index is 10.3. The maximum Gasteiger partial charge on any atom is 0.216 e. The molecule has 0 bridgehead atoms. The van der Waals surface area contributed by atoms with Gasteiger partial charge in [-0.05, 0) is 12.1 Å². The molecule has 1 aliphatic heterocycles. The van der Waals surface area contributed by atoms with Gasteiger partial charge in [-0.3, -0.25) is 15.0 Å². The average molecular weight is 236 g/mol. The van der Waals surface area contributed by atoms with Gasteiger partial charge in [-0.2, -0.15) is 0 Å². The third kappa shape index (κ3) is 3.39. The molecule has 1 aromatic rings. The van der Waals surface area contributed by atoms with E-state index in [4.69, 9.17) is 0 Å². The van der Waals surface area contributed by atoms with Gasteiger partial charge in [0.25, 0.3) is 0 Å². The minimum absolute atomic E-state index is 0.0313. The van der Waals surface area contributed by atoms with Crippen LogP contribution >= 0.6 is 0 Å². The zero-order valence-corrected chi connectivity index (χ0v) is 9.66. The molecule has 0 unspecified atom stereocenters. The Hall–Kier alpha value is -1.69. The van der Waals surface area contributed by atoms with Gasteiger partial charge in [0.05, 0.1) is 6.54 Å². The molecule has 0 atom stereocenters. The summed E-state index contributed by atoms with van der Waals surface area (Å²) in [7, 11) is 0. The molecule has 0 radical (unpaired) electrons. The Morgan fingerprint density at radius 1 is 1.29 bits per heavy atom. The van der Waals surface area contributed by atoms with Crippen molar-refractivity contribution in [2.75, 3.05) is 44.2 Å². The molecule has 92 valence electrons. The van der Waals surface area contributed by atoms with Crippen molar-refractivity contribution in [2.45, 2.75) is 0 Å². The predicted octanol–water partition coefficient (Wildman–Crippen LogP) is 0.480. The van der Waals surface area contributed by atoms with Crippen molar-refractivity contribution >= 4 is 5.82 Å². The lowest BCUT2D eigenvalue weighted by Crippen LogP contribution is -2.47. The zero-order valence-electron chi connectivity index (χ0n) is 9.66. The van der Waals surface area contributed by atoms with Gasteiger partial charge in [-0.1, -0.05) is 6.07 Å². The summed E-state index contributed by atoms with van der Waals surface area (Å²) in [4.78, 5) is 18.7. The highest BCUT2D eigenvalue weighted by molar-refractivity contribution is 5.38. The molecule has 0 saturated carbocycles. The molecule has 2 heterocycles. The third-order valence-electron chi connectivity index (χ3n) is 2.94. The van der Waals surface area contributed by atoms with E-state index in [2.05, 4.69) is 14.8 Å². The van der Waals surface area contributed by atoms with Crippen LogP contribution in [0.5, 0.6) is 0 Å². The quantitative estimate of drug-likeness (QED) is 0.562. The Balaban J connectivity index is 1.80. The molecule has 0 spiro atoms. The Morgan fingerprint density at radius 3 is 2.65 bits per heavy atom. The summed E-state index contributed by atoms with van der Waals surface area (Å²) < 4.78 is 0. The molecule has 6 heteroatoms. The highest BCUT2D eigenvalue weighted by Crippen LogP contribution is 2.11. The second kappa shape index (κ2) is 5.58. The summed E-state index contributed by atoms with van der Waals surface area (Å²) in [6.45, 7) is 4.07. The summed E-state index contributed by atoms with van der Waals surface area (Å²) >= 11 is 0. The zero-order chi connectivity index (χ0) is 12.1. The van der Waals surface area contributed by atoms with Crippen LogP contribution in [0.1, 0.15) is 0 Å². The fourth-order valence-corrected chi connectivity index (χ4v) is 1.96. The second-order valence-electron chi connectivity index (χ2n) is 4.07. The first-order valence-electron chi connectivity index (χ1n) is 5.76. The Morgan fingerprint density at radius 2 is 2.06 bits per heavy atom. The number of aromatic nitrogens is 1. The molecule has 17 heavy (non-hydrogen) atoms. The van der Waals surface area contributed by atoms with Crippen LogP contribution in [0, 0.1) is 10.1 Å². The van der Waals surface area contributed by atoms with E-state index < -0.39 is 0 Å². The van der Waals surface area contributed by atoms with Gasteiger partial charge >= 0.3 is 0 Å². The average Bonchev–Trinajstić information content (AvgIpc) is 2.38. The Kier molecular flexibility index (Phi) is 3.87. The maximum absolute atomic E-state index is 10.3. The van der Waals surface area contributed by atoms with E-state index in [9.17, 15) is 10.1 Å². The topological polar surface area (TPSA) is 62.5 Å². The molecule has 1 aromatic heterocycles. The predicted molar refractivity (Wildman–Crippen MR) is 64.8 cm³/mol. The fraction of sp³-hybridized carbons (Fsp3) is 0.545. The molecule has 1 saturated heterocycles. The third-order valence-corrected chi connectivity index (χ3v) is 2.94. The van der Waals surface area contributed by atoms with Crippen LogP contribution < -0.4 is 4.90 Å². The minimum atomic E-state index is -0.259. The lowest BCUT2D eigenvalue weighted by Gasteiger charge is -2.34. The molecule has 1 aliphatic rings. The number of nitro groups is 1. The van der Waals surface area contributed by atoms with Crippen molar-refractivity contribution in [3.63, 3.8) is 0 Å². The van der Waals surface area contributed by atoms with Gasteiger partial charge in [0, 0.05) is 37.3 Å². The van der Waals surface area contributed by atoms with Gasteiger partial charge in [-0.15, -0.1) is 0 Å². The smallest absolute Gasteiger partial charge is 0.216 e. The van der Waals surface area contributed by atoms with Gasteiger partial charge in [0.1, 0.15) is 5.82 Å². The van der Waals surface area contributed by atoms with E-state index in [0.29, 0.717) is 6.54 Å². The first kappa shape index (κ1) is 11.8. The van der Waals surface area contributed by atoms with E-state index in [1.54, 1.807) is 6.20 Å². The number of anilines is 1. The molecule has 2 rings (SSSR count). The van der Waals surface area contributed by atoms with E-state index in [-0.39, 0.29) is 11.5 Å². The second-order valence-corrected chi connectivity index (χ2v) is 4.07. The molecule has 0 amide bonds. The minimum Gasteiger partial charge on any atom is -0.354 e. The SMILES string of the molecule is O=[N+]([O-])CCN1CCN(c2ccccn2)CC1. The van der Waals surface area contributed by atoms with Crippen LogP contribution in [0.3, 0.4) is 0 Å². The molecular formula is C11H16N4O2. The number of hydrogen-bond acceptors (Lipinski definition) is 5. The monoisotopic (exact) mass is 236 g/mol. The van der Waals surface area contributed by atoms with Gasteiger partial charge in [0.15, 0.2) is 0 Å². The Bertz CT molecular complexity index is 363. The summed E-state index contributed by atoms with van der Waals surface area (Å²) in [5.41, 5.74) is 0. The molecular weight excluding hydrogens is 220 g/mol. The summed E-state index contributed by atoms with van der Waals surface area (Å²) in [6, 6.07) is 5.87. The van der Waals surface area contributed by atoms with E-state index in [0.717, 1.165) is 32.0 Å². The van der Waals surface area contributed by atoms with Crippen molar-refractivity contribution in [2.24, 2.45) is 0 Å². The van der Waals surface area contributed by atoms with Crippen molar-refractivity contribution < 1.29 is 4.92 Å². The molecule has 0 aromatic carbocycles. The van der Waals surface area contributed by atoms with Crippen molar-refractivity contribution in [1.82, 2.24) is 9.88 Å². The van der Waals surface area contributed by atoms with E-state index in [1.165, 1.54) is 0 Å². The number of nitrogens with zero attached hydrogens (tertiary/aromatic N) is 4. The number of rotatable bonds is 4. The molecule has 6 nitrogen and oxygen atoms in total. The van der Waals surface area contributed by atoms with Gasteiger partial charge in [-0.25, -0.2) is 4.98 Å². The van der Waals surface area contributed by atoms with Crippen molar-refractivity contribution in [3.8, 4) is 0 Å². The van der Waals surface area contributed by atoms with E-state index in [1.807, 2.05) is 18.2 Å². The summed E-state index contributed by atoms with van der Waals surface area (Å²) in [5.74, 6) is 0.987. The Labute approximate surface area is 100 Å². The molecule has 0 aliphatic carbocycles. The van der Waals surface area contributed by atoms with Crippen LogP contribution in [0.15, 0.2) is 24.4 Å². The summed E-state index contributed by atoms with van der Waals surface area (Å²) in [5, 5.41) is 10.3. The summed E-state index contributed by atoms with van der Waals surface area (Å²) in [6.07, 6.45) is 1.79. The lowest BCUT2D eigenvalue weighted by molar-refractivity contribution is -0.480. The highest BCUT2D eigenvalue weighted by atomic mass is 16.6. The highest BCUT2D eigenvalue weighted by Gasteiger charge is 2.18. The number of pyridine rings is 1. The molecule has 0 N–H and O–H groups in total. The number of piperazine rings is 1. The first-order valence-corrected chi connectivity index (χ1v) is 5.76. The van der Waals surface area contributed by atoms with Crippen LogP contribution in [0.25, 0.3) is 0 Å². The standard InChI is InChI=1S/C11H16N4O2/c16-15(17)10-7-13-5-8-14(9-6-13)11-3-1-2-4-12-11/h1-4H,5-10H2. The van der Waals surface area contributed by atoms with Crippen molar-refractivity contribution in [1.29, 1.82) is 0 Å².